The van der Waals surface area contributed by atoms with E-state index < -0.39 is 59.3 Å². The van der Waals surface area contributed by atoms with Gasteiger partial charge in [-0.3, -0.25) is 0 Å². The Morgan fingerprint density at radius 2 is 1.27 bits per heavy atom. The van der Waals surface area contributed by atoms with Gasteiger partial charge in [-0.15, -0.1) is 10.2 Å². The van der Waals surface area contributed by atoms with Gasteiger partial charge in [0.15, 0.2) is 9.84 Å². The Labute approximate surface area is 343 Å². The fourth-order valence-electron chi connectivity index (χ4n) is 6.32. The molecule has 4 aromatic carbocycles. The lowest BCUT2D eigenvalue weighted by molar-refractivity contribution is 0.0139. The van der Waals surface area contributed by atoms with Crippen molar-refractivity contribution in [1.82, 2.24) is 29.4 Å². The number of tetrazole rings is 1. The molecule has 1 aliphatic rings. The molecular weight excluding hydrogens is 803 g/mol. The number of likely N-dealkylation sites (tertiary alicyclic amines) is 1. The van der Waals surface area contributed by atoms with E-state index in [2.05, 4.69) is 15.4 Å². The van der Waals surface area contributed by atoms with Crippen LogP contribution in [0.2, 0.25) is 0 Å². The molecule has 1 aliphatic heterocycles. The largest absolute Gasteiger partial charge is 0.497 e. The van der Waals surface area contributed by atoms with Crippen LogP contribution in [-0.4, -0.2) is 115 Å². The molecule has 6 rings (SSSR count). The van der Waals surface area contributed by atoms with Crippen LogP contribution < -0.4 is 19.7 Å². The number of rotatable bonds is 15. The molecule has 312 valence electrons. The van der Waals surface area contributed by atoms with Gasteiger partial charge in [-0.05, 0) is 90.6 Å². The average molecular weight is 849 g/mol. The van der Waals surface area contributed by atoms with Gasteiger partial charge in [-0.1, -0.05) is 42.5 Å². The highest BCUT2D eigenvalue weighted by Gasteiger charge is 2.46. The van der Waals surface area contributed by atoms with Crippen molar-refractivity contribution in [2.45, 2.75) is 61.0 Å². The highest BCUT2D eigenvalue weighted by molar-refractivity contribution is 7.94. The van der Waals surface area contributed by atoms with Gasteiger partial charge in [0.25, 0.3) is 0 Å². The molecule has 0 spiro atoms. The molecule has 2 N–H and O–H groups in total. The molecule has 1 saturated heterocycles. The number of sulfone groups is 1. The molecule has 0 unspecified atom stereocenters. The number of methoxy groups -OCH3 is 3. The third kappa shape index (κ3) is 9.68. The van der Waals surface area contributed by atoms with Crippen LogP contribution in [0, 0.1) is 0 Å². The van der Waals surface area contributed by atoms with Crippen LogP contribution in [0.4, 0.5) is 4.79 Å². The average Bonchev–Trinajstić information content (AvgIpc) is 3.64. The third-order valence-corrected chi connectivity index (χ3v) is 13.6. The smallest absolute Gasteiger partial charge is 0.489 e. The van der Waals surface area contributed by atoms with Gasteiger partial charge < -0.3 is 33.9 Å². The first-order chi connectivity index (χ1) is 27.9. The highest BCUT2D eigenvalue weighted by atomic mass is 32.2. The molecule has 5 aromatic rings. The second kappa shape index (κ2) is 17.4. The highest BCUT2D eigenvalue weighted by Crippen LogP contribution is 2.37. The van der Waals surface area contributed by atoms with E-state index in [0.717, 1.165) is 22.0 Å². The van der Waals surface area contributed by atoms with Crippen molar-refractivity contribution in [3.63, 3.8) is 0 Å². The number of amides is 1. The normalized spacial score (nSPS) is 13.5. The van der Waals surface area contributed by atoms with Crippen LogP contribution >= 0.6 is 0 Å². The molecule has 1 amide bonds. The maximum atomic E-state index is 15.5. The van der Waals surface area contributed by atoms with Crippen LogP contribution in [0.3, 0.4) is 0 Å². The number of hydrogen-bond acceptors (Lipinski definition) is 14. The zero-order valence-electron chi connectivity index (χ0n) is 33.3. The van der Waals surface area contributed by atoms with Crippen molar-refractivity contribution >= 4 is 38.5 Å². The van der Waals surface area contributed by atoms with Gasteiger partial charge in [0, 0.05) is 31.7 Å². The second-order valence-electron chi connectivity index (χ2n) is 14.7. The summed E-state index contributed by atoms with van der Waals surface area (Å²) in [6, 6.07) is 22.5. The van der Waals surface area contributed by atoms with E-state index in [1.165, 1.54) is 31.0 Å². The van der Waals surface area contributed by atoms with Crippen molar-refractivity contribution in [2.75, 3.05) is 34.4 Å². The fourth-order valence-corrected chi connectivity index (χ4v) is 10.4. The van der Waals surface area contributed by atoms with Gasteiger partial charge in [0.1, 0.15) is 33.0 Å². The Balaban J connectivity index is 1.52. The quantitative estimate of drug-likeness (QED) is 0.145. The number of aromatic nitrogens is 4. The molecule has 1 fully saturated rings. The van der Waals surface area contributed by atoms with Crippen LogP contribution in [0.15, 0.2) is 94.7 Å². The Morgan fingerprint density at radius 3 is 1.73 bits per heavy atom. The van der Waals surface area contributed by atoms with E-state index in [0.29, 0.717) is 28.4 Å². The summed E-state index contributed by atoms with van der Waals surface area (Å²) in [7, 11) is -7.34. The van der Waals surface area contributed by atoms with E-state index in [1.54, 1.807) is 93.6 Å². The standard InChI is InChI=1S/C39H45BN6O11S2/c1-39(2,3)57-38(47)44-24-32(25-44)58(50,51)34-20-19-33(40(48)49)35(37-41-43-46(42-37)23-28-11-17-31(56-6)18-12-28)36(34)59(52,53)45(21-26-7-13-29(54-4)14-8-26)22-27-9-15-30(55-5)16-10-27/h7-20,32,48-49H,21-25H2,1-6H3. The minimum absolute atomic E-state index is 0.0672. The summed E-state index contributed by atoms with van der Waals surface area (Å²) in [4.78, 5) is 13.8. The van der Waals surface area contributed by atoms with Gasteiger partial charge in [-0.2, -0.15) is 9.10 Å². The van der Waals surface area contributed by atoms with Crippen molar-refractivity contribution < 1.29 is 50.6 Å². The lowest BCUT2D eigenvalue weighted by Gasteiger charge is -2.39. The van der Waals surface area contributed by atoms with E-state index in [-0.39, 0.29) is 44.0 Å². The second-order valence-corrected chi connectivity index (χ2v) is 18.8. The summed E-state index contributed by atoms with van der Waals surface area (Å²) in [6.45, 7) is 4.03. The SMILES string of the molecule is COc1ccc(CN(Cc2ccc(OC)cc2)S(=O)(=O)c2c(S(=O)(=O)C3CN(C(=O)OC(C)(C)C)C3)ccc(B(O)O)c2-c2nnn(Cc3ccc(OC)cc3)n2)cc1. The molecular formula is C39H45BN6O11S2. The molecule has 0 bridgehead atoms. The zero-order chi connectivity index (χ0) is 42.7. The van der Waals surface area contributed by atoms with Gasteiger partial charge >= 0.3 is 13.2 Å². The predicted octanol–water partition coefficient (Wildman–Crippen LogP) is 2.88. The Hall–Kier alpha value is -5.54. The van der Waals surface area contributed by atoms with E-state index in [9.17, 15) is 23.3 Å². The molecule has 0 radical (unpaired) electrons. The maximum Gasteiger partial charge on any atom is 0.489 e. The lowest BCUT2D eigenvalue weighted by Crippen LogP contribution is -2.58. The first-order valence-corrected chi connectivity index (χ1v) is 21.3. The number of sulfonamides is 1. The molecule has 1 aromatic heterocycles. The van der Waals surface area contributed by atoms with Crippen LogP contribution in [-0.2, 0) is 44.2 Å². The van der Waals surface area contributed by atoms with Gasteiger partial charge in [0.05, 0.1) is 32.8 Å². The Bertz CT molecular complexity index is 2440. The summed E-state index contributed by atoms with van der Waals surface area (Å²) in [5, 5.41) is 32.9. The van der Waals surface area contributed by atoms with Crippen molar-refractivity contribution in [2.24, 2.45) is 0 Å². The lowest BCUT2D eigenvalue weighted by atomic mass is 9.77. The Morgan fingerprint density at radius 1 is 0.780 bits per heavy atom. The van der Waals surface area contributed by atoms with Gasteiger partial charge in [0.2, 0.25) is 15.8 Å². The molecule has 20 heteroatoms. The summed E-state index contributed by atoms with van der Waals surface area (Å²) in [6.07, 6.45) is -0.723. The molecule has 17 nitrogen and oxygen atoms in total. The number of carbonyl (C=O) groups is 1. The summed E-state index contributed by atoms with van der Waals surface area (Å²) >= 11 is 0. The van der Waals surface area contributed by atoms with Crippen molar-refractivity contribution in [1.29, 1.82) is 0 Å². The van der Waals surface area contributed by atoms with Gasteiger partial charge in [-0.25, -0.2) is 21.6 Å². The summed E-state index contributed by atoms with van der Waals surface area (Å²) in [5.41, 5.74) is 0.0911. The van der Waals surface area contributed by atoms with Crippen LogP contribution in [0.25, 0.3) is 11.4 Å². The molecule has 0 atom stereocenters. The molecule has 2 heterocycles. The van der Waals surface area contributed by atoms with Crippen LogP contribution in [0.1, 0.15) is 37.5 Å². The number of carbonyl (C=O) groups excluding carboxylic acids is 1. The summed E-state index contributed by atoms with van der Waals surface area (Å²) in [5.74, 6) is 1.30. The van der Waals surface area contributed by atoms with Crippen molar-refractivity contribution in [3.8, 4) is 28.6 Å². The predicted molar refractivity (Wildman–Crippen MR) is 216 cm³/mol. The van der Waals surface area contributed by atoms with Crippen LogP contribution in [0.5, 0.6) is 17.2 Å². The number of ether oxygens (including phenoxy) is 4. The molecule has 59 heavy (non-hydrogen) atoms. The third-order valence-electron chi connectivity index (χ3n) is 9.47. The minimum atomic E-state index is -4.97. The van der Waals surface area contributed by atoms with Crippen molar-refractivity contribution in [3.05, 3.63) is 102 Å². The van der Waals surface area contributed by atoms with E-state index in [4.69, 9.17) is 18.9 Å². The fraction of sp³-hybridized carbons (Fsp3) is 0.333. The topological polar surface area (TPSA) is 213 Å². The molecule has 0 saturated carbocycles. The zero-order valence-corrected chi connectivity index (χ0v) is 35.0. The monoisotopic (exact) mass is 848 g/mol. The minimum Gasteiger partial charge on any atom is -0.497 e. The summed E-state index contributed by atoms with van der Waals surface area (Å²) < 4.78 is 82.7. The number of hydrogen-bond donors (Lipinski definition) is 2. The Kier molecular flexibility index (Phi) is 12.7. The van der Waals surface area contributed by atoms with E-state index in [1.807, 2.05) is 0 Å². The molecule has 0 aliphatic carbocycles. The maximum absolute atomic E-state index is 15.5. The number of benzene rings is 4. The van der Waals surface area contributed by atoms with E-state index >= 15 is 8.42 Å². The number of nitrogens with zero attached hydrogens (tertiary/aromatic N) is 6. The first-order valence-electron chi connectivity index (χ1n) is 18.4. The first kappa shape index (κ1) is 43.1.